The van der Waals surface area contributed by atoms with Crippen molar-refractivity contribution in [2.75, 3.05) is 19.6 Å². The van der Waals surface area contributed by atoms with Crippen LogP contribution in [0.15, 0.2) is 0 Å². The van der Waals surface area contributed by atoms with Gasteiger partial charge in [-0.05, 0) is 12.8 Å². The molecule has 0 aromatic rings. The number of hydrogen-bond donors (Lipinski definition) is 3. The molecule has 2 heterocycles. The van der Waals surface area contributed by atoms with Crippen LogP contribution in [0.4, 0.5) is 4.79 Å². The van der Waals surface area contributed by atoms with Crippen LogP contribution in [0, 0.1) is 0 Å². The van der Waals surface area contributed by atoms with Gasteiger partial charge >= 0.3 is 12.0 Å². The average molecular weight is 258 g/mol. The average Bonchev–Trinajstić information content (AvgIpc) is 2.71. The molecule has 7 nitrogen and oxygen atoms in total. The number of aliphatic hydroxyl groups excluding tert-OH is 2. The van der Waals surface area contributed by atoms with Gasteiger partial charge in [0.1, 0.15) is 6.04 Å². The molecule has 7 heteroatoms. The SMILES string of the molecule is O=C(O)[C@@H]1C[C@@H](O)CN1C(=O)N1CCC(O)CC1. The lowest BCUT2D eigenvalue weighted by Gasteiger charge is -2.34. The van der Waals surface area contributed by atoms with Crippen molar-refractivity contribution < 1.29 is 24.9 Å². The van der Waals surface area contributed by atoms with E-state index in [4.69, 9.17) is 5.11 Å². The van der Waals surface area contributed by atoms with Gasteiger partial charge in [-0.25, -0.2) is 9.59 Å². The second-order valence-electron chi connectivity index (χ2n) is 4.90. The molecule has 2 atom stereocenters. The highest BCUT2D eigenvalue weighted by molar-refractivity contribution is 5.83. The van der Waals surface area contributed by atoms with Gasteiger partial charge in [-0.3, -0.25) is 0 Å². The molecule has 2 aliphatic heterocycles. The zero-order valence-corrected chi connectivity index (χ0v) is 10.0. The molecule has 102 valence electrons. The van der Waals surface area contributed by atoms with Crippen molar-refractivity contribution in [1.29, 1.82) is 0 Å². The molecule has 2 amide bonds. The maximum Gasteiger partial charge on any atom is 0.326 e. The van der Waals surface area contributed by atoms with E-state index in [0.717, 1.165) is 0 Å². The van der Waals surface area contributed by atoms with E-state index in [0.29, 0.717) is 25.9 Å². The third-order valence-electron chi connectivity index (χ3n) is 3.54. The molecule has 0 aromatic heterocycles. The number of carbonyl (C=O) groups is 2. The van der Waals surface area contributed by atoms with Crippen LogP contribution < -0.4 is 0 Å². The van der Waals surface area contributed by atoms with Crippen LogP contribution in [0.25, 0.3) is 0 Å². The Hall–Kier alpha value is -1.34. The largest absolute Gasteiger partial charge is 0.480 e. The predicted molar refractivity (Wildman–Crippen MR) is 61.0 cm³/mol. The Labute approximate surface area is 105 Å². The number of amides is 2. The molecule has 2 aliphatic rings. The third-order valence-corrected chi connectivity index (χ3v) is 3.54. The highest BCUT2D eigenvalue weighted by atomic mass is 16.4. The van der Waals surface area contributed by atoms with E-state index in [1.165, 1.54) is 4.90 Å². The fraction of sp³-hybridized carbons (Fsp3) is 0.818. The summed E-state index contributed by atoms with van der Waals surface area (Å²) in [4.78, 5) is 26.0. The molecule has 2 saturated heterocycles. The molecule has 2 fully saturated rings. The standard InChI is InChI=1S/C11H18N2O5/c14-7-1-3-12(4-2-7)11(18)13-6-8(15)5-9(13)10(16)17/h7-9,14-15H,1-6H2,(H,16,17)/t8-,9+/m1/s1. The van der Waals surface area contributed by atoms with Crippen LogP contribution in [0.1, 0.15) is 19.3 Å². The molecule has 2 rings (SSSR count). The van der Waals surface area contributed by atoms with E-state index in [2.05, 4.69) is 0 Å². The van der Waals surface area contributed by atoms with Crippen molar-refractivity contribution >= 4 is 12.0 Å². The summed E-state index contributed by atoms with van der Waals surface area (Å²) in [6, 6.07) is -1.30. The summed E-state index contributed by atoms with van der Waals surface area (Å²) >= 11 is 0. The first-order chi connectivity index (χ1) is 8.49. The molecular weight excluding hydrogens is 240 g/mol. The maximum atomic E-state index is 12.2. The van der Waals surface area contributed by atoms with Crippen molar-refractivity contribution in [3.05, 3.63) is 0 Å². The Morgan fingerprint density at radius 3 is 2.22 bits per heavy atom. The lowest BCUT2D eigenvalue weighted by molar-refractivity contribution is -0.141. The van der Waals surface area contributed by atoms with Crippen molar-refractivity contribution in [3.63, 3.8) is 0 Å². The normalized spacial score (nSPS) is 29.7. The van der Waals surface area contributed by atoms with Gasteiger partial charge in [0, 0.05) is 26.1 Å². The molecule has 0 spiro atoms. The number of urea groups is 1. The quantitative estimate of drug-likeness (QED) is 0.565. The van der Waals surface area contributed by atoms with E-state index < -0.39 is 18.1 Å². The Balaban J connectivity index is 2.01. The summed E-state index contributed by atoms with van der Waals surface area (Å²) in [6.07, 6.45) is -0.0454. The van der Waals surface area contributed by atoms with E-state index in [-0.39, 0.29) is 25.1 Å². The molecule has 0 saturated carbocycles. The van der Waals surface area contributed by atoms with E-state index >= 15 is 0 Å². The van der Waals surface area contributed by atoms with Crippen LogP contribution in [0.5, 0.6) is 0 Å². The second kappa shape index (κ2) is 5.11. The van der Waals surface area contributed by atoms with Crippen LogP contribution in [0.2, 0.25) is 0 Å². The fourth-order valence-corrected chi connectivity index (χ4v) is 2.50. The Morgan fingerprint density at radius 1 is 1.06 bits per heavy atom. The first kappa shape index (κ1) is 13.1. The van der Waals surface area contributed by atoms with Crippen molar-refractivity contribution in [3.8, 4) is 0 Å². The third kappa shape index (κ3) is 2.56. The summed E-state index contributed by atoms with van der Waals surface area (Å²) in [7, 11) is 0. The number of aliphatic carboxylic acids is 1. The molecule has 0 bridgehead atoms. The molecule has 0 radical (unpaired) electrons. The molecular formula is C11H18N2O5. The highest BCUT2D eigenvalue weighted by Gasteiger charge is 2.41. The van der Waals surface area contributed by atoms with E-state index in [1.54, 1.807) is 4.90 Å². The summed E-state index contributed by atoms with van der Waals surface area (Å²) in [6.45, 7) is 0.923. The second-order valence-corrected chi connectivity index (χ2v) is 4.90. The Bertz CT molecular complexity index is 340. The summed E-state index contributed by atoms with van der Waals surface area (Å²) in [5.41, 5.74) is 0. The number of piperidine rings is 1. The van der Waals surface area contributed by atoms with Gasteiger partial charge < -0.3 is 25.1 Å². The zero-order valence-electron chi connectivity index (χ0n) is 10.0. The smallest absolute Gasteiger partial charge is 0.326 e. The van der Waals surface area contributed by atoms with Crippen molar-refractivity contribution in [1.82, 2.24) is 9.80 Å². The molecule has 0 aromatic carbocycles. The minimum atomic E-state index is -1.09. The first-order valence-electron chi connectivity index (χ1n) is 6.13. The van der Waals surface area contributed by atoms with Gasteiger partial charge in [0.15, 0.2) is 0 Å². The first-order valence-corrected chi connectivity index (χ1v) is 6.13. The van der Waals surface area contributed by atoms with Crippen molar-refractivity contribution in [2.45, 2.75) is 37.5 Å². The number of nitrogens with zero attached hydrogens (tertiary/aromatic N) is 2. The molecule has 18 heavy (non-hydrogen) atoms. The van der Waals surface area contributed by atoms with Crippen molar-refractivity contribution in [2.24, 2.45) is 0 Å². The monoisotopic (exact) mass is 258 g/mol. The van der Waals surface area contributed by atoms with Crippen LogP contribution in [-0.4, -0.2) is 75.0 Å². The number of hydrogen-bond acceptors (Lipinski definition) is 4. The topological polar surface area (TPSA) is 101 Å². The number of β-amino-alcohol motifs (C(OH)–C–C–N with tert-alkyl or cyclic N) is 1. The van der Waals surface area contributed by atoms with Gasteiger partial charge in [-0.1, -0.05) is 0 Å². The number of carboxylic acid groups (broad SMARTS) is 1. The summed E-state index contributed by atoms with van der Waals surface area (Å²) in [5.74, 6) is -1.09. The van der Waals surface area contributed by atoms with Crippen LogP contribution in [0.3, 0.4) is 0 Å². The van der Waals surface area contributed by atoms with Gasteiger partial charge in [-0.15, -0.1) is 0 Å². The highest BCUT2D eigenvalue weighted by Crippen LogP contribution is 2.21. The van der Waals surface area contributed by atoms with Gasteiger partial charge in [0.25, 0.3) is 0 Å². The molecule has 3 N–H and O–H groups in total. The van der Waals surface area contributed by atoms with Gasteiger partial charge in [0.2, 0.25) is 0 Å². The lowest BCUT2D eigenvalue weighted by atomic mass is 10.1. The van der Waals surface area contributed by atoms with E-state index in [9.17, 15) is 19.8 Å². The Morgan fingerprint density at radius 2 is 1.67 bits per heavy atom. The maximum absolute atomic E-state index is 12.2. The summed E-state index contributed by atoms with van der Waals surface area (Å²) in [5, 5.41) is 27.9. The fourth-order valence-electron chi connectivity index (χ4n) is 2.50. The number of aliphatic hydroxyl groups is 2. The van der Waals surface area contributed by atoms with E-state index in [1.807, 2.05) is 0 Å². The van der Waals surface area contributed by atoms with Gasteiger partial charge in [-0.2, -0.15) is 0 Å². The molecule has 0 unspecified atom stereocenters. The van der Waals surface area contributed by atoms with Gasteiger partial charge in [0.05, 0.1) is 12.2 Å². The zero-order chi connectivity index (χ0) is 13.3. The number of carboxylic acids is 1. The number of rotatable bonds is 1. The molecule has 0 aliphatic carbocycles. The Kier molecular flexibility index (Phi) is 3.72. The predicted octanol–water partition coefficient (Wildman–Crippen LogP) is -0.917. The minimum Gasteiger partial charge on any atom is -0.480 e. The number of carbonyl (C=O) groups excluding carboxylic acids is 1. The van der Waals surface area contributed by atoms with Crippen LogP contribution in [-0.2, 0) is 4.79 Å². The minimum absolute atomic E-state index is 0.0643. The summed E-state index contributed by atoms with van der Waals surface area (Å²) < 4.78 is 0. The number of likely N-dealkylation sites (tertiary alicyclic amines) is 2. The lowest BCUT2D eigenvalue weighted by Crippen LogP contribution is -2.51. The van der Waals surface area contributed by atoms with Crippen LogP contribution >= 0.6 is 0 Å².